The maximum absolute atomic E-state index is 13.5. The monoisotopic (exact) mass is 662 g/mol. The second kappa shape index (κ2) is 14.3. The van der Waals surface area contributed by atoms with Crippen LogP contribution in [0.2, 0.25) is 0 Å². The van der Waals surface area contributed by atoms with Crippen LogP contribution in [0.1, 0.15) is 84.1 Å². The molecule has 3 radical (unpaired) electrons. The van der Waals surface area contributed by atoms with E-state index in [1.54, 1.807) is 52.9 Å². The van der Waals surface area contributed by atoms with Crippen molar-refractivity contribution in [3.8, 4) is 10.4 Å². The Labute approximate surface area is 268 Å². The van der Waals surface area contributed by atoms with Crippen LogP contribution in [0.3, 0.4) is 0 Å². The van der Waals surface area contributed by atoms with Crippen LogP contribution in [0.15, 0.2) is 29.3 Å². The van der Waals surface area contributed by atoms with Crippen LogP contribution in [0.5, 0.6) is 0 Å². The lowest BCUT2D eigenvalue weighted by molar-refractivity contribution is 0.0892. The highest BCUT2D eigenvalue weighted by Crippen LogP contribution is 2.40. The van der Waals surface area contributed by atoms with Gasteiger partial charge in [-0.25, -0.2) is 27.7 Å². The molecular weight excluding hydrogens is 619 g/mol. The van der Waals surface area contributed by atoms with E-state index in [0.29, 0.717) is 11.3 Å². The number of rotatable bonds is 9. The van der Waals surface area contributed by atoms with Crippen molar-refractivity contribution in [1.82, 2.24) is 19.9 Å². The van der Waals surface area contributed by atoms with Gasteiger partial charge >= 0.3 is 12.2 Å². The van der Waals surface area contributed by atoms with E-state index in [-0.39, 0.29) is 34.7 Å². The summed E-state index contributed by atoms with van der Waals surface area (Å²) in [5, 5.41) is 6.57. The molecule has 0 spiro atoms. The van der Waals surface area contributed by atoms with Gasteiger partial charge in [-0.05, 0) is 98.9 Å². The lowest BCUT2D eigenvalue weighted by Gasteiger charge is -2.30. The first-order valence-corrected chi connectivity index (χ1v) is 18.0. The van der Waals surface area contributed by atoms with Crippen molar-refractivity contribution in [3.05, 3.63) is 29.4 Å². The smallest absolute Gasteiger partial charge is 0.411 e. The zero-order valence-electron chi connectivity index (χ0n) is 26.3. The summed E-state index contributed by atoms with van der Waals surface area (Å²) in [4.78, 5) is 32.4. The third kappa shape index (κ3) is 9.25. The molecule has 1 aromatic carbocycles. The molecule has 0 bridgehead atoms. The highest BCUT2D eigenvalue weighted by atomic mass is 32.2. The van der Waals surface area contributed by atoms with Crippen molar-refractivity contribution in [3.63, 3.8) is 0 Å². The number of sulfonamides is 1. The van der Waals surface area contributed by atoms with Crippen LogP contribution in [-0.2, 0) is 19.5 Å². The molecule has 0 unspecified atom stereocenters. The van der Waals surface area contributed by atoms with Gasteiger partial charge in [-0.15, -0.1) is 11.3 Å². The van der Waals surface area contributed by atoms with Crippen LogP contribution in [0, 0.1) is 0 Å². The van der Waals surface area contributed by atoms with Gasteiger partial charge in [-0.1, -0.05) is 6.07 Å². The normalized spacial score (nSPS) is 22.0. The molecule has 1 aromatic heterocycles. The first kappa shape index (κ1) is 34.4. The molecule has 1 aliphatic heterocycles. The number of carbonyl (C=O) groups excluding carboxylic acids is 2. The highest BCUT2D eigenvalue weighted by molar-refractivity contribution is 7.89. The summed E-state index contributed by atoms with van der Waals surface area (Å²) in [6.45, 7) is 9.79. The summed E-state index contributed by atoms with van der Waals surface area (Å²) >= 11 is 1.47. The molecule has 2 atom stereocenters. The topological polar surface area (TPSA) is 139 Å². The number of carbonyl (C=O) groups is 2. The van der Waals surface area contributed by atoms with E-state index in [1.807, 2.05) is 7.05 Å². The molecule has 3 N–H and O–H groups in total. The summed E-state index contributed by atoms with van der Waals surface area (Å²) in [7, 11) is 1.68. The van der Waals surface area contributed by atoms with E-state index < -0.39 is 27.7 Å². The van der Waals surface area contributed by atoms with E-state index in [0.717, 1.165) is 55.0 Å². The Morgan fingerprint density at radius 3 is 2.41 bits per heavy atom. The number of likely N-dealkylation sites (tertiary alicyclic amines) is 1. The van der Waals surface area contributed by atoms with Gasteiger partial charge in [0.1, 0.15) is 0 Å². The molecule has 241 valence electrons. The molecule has 14 heteroatoms. The minimum atomic E-state index is -3.95. The number of amides is 2. The fourth-order valence-corrected chi connectivity index (χ4v) is 9.03. The van der Waals surface area contributed by atoms with Gasteiger partial charge < -0.3 is 19.7 Å². The van der Waals surface area contributed by atoms with Crippen LogP contribution in [-0.4, -0.2) is 83.8 Å². The van der Waals surface area contributed by atoms with E-state index in [4.69, 9.17) is 9.47 Å². The molecule has 2 heterocycles. The van der Waals surface area contributed by atoms with Crippen LogP contribution >= 0.6 is 11.3 Å². The number of aromatic nitrogens is 1. The Balaban J connectivity index is 1.43. The van der Waals surface area contributed by atoms with Crippen molar-refractivity contribution in [2.24, 2.45) is 0 Å². The van der Waals surface area contributed by atoms with Gasteiger partial charge in [0.15, 0.2) is 0 Å². The standard InChI is InChI=1S/C30H44N5O6S2Si/c1-18(2)40-28(36)33-21-13-14-22(25(16-21)43(38,39)34-30(3,4)5)24-17-31-26(42-24)19-9-11-20(12-10-19)32-29(37)41-27(44)23-8-7-15-35(23)6/h13-14,16-20,23,27,34H,7-12,15H2,1-6H3,(H,32,37)(H,33,36)/t19?,20?,23-,27+/m0/s1. The minimum Gasteiger partial charge on any atom is -0.449 e. The lowest BCUT2D eigenvalue weighted by atomic mass is 9.86. The molecule has 11 nitrogen and oxygen atoms in total. The molecule has 1 saturated carbocycles. The summed E-state index contributed by atoms with van der Waals surface area (Å²) in [5.41, 5.74) is -0.248. The quantitative estimate of drug-likeness (QED) is 0.312. The molecule has 4 rings (SSSR count). The molecule has 2 aromatic rings. The van der Waals surface area contributed by atoms with Gasteiger partial charge in [0.2, 0.25) is 10.0 Å². The number of alkyl carbamates (subject to hydrolysis) is 1. The largest absolute Gasteiger partial charge is 0.449 e. The van der Waals surface area contributed by atoms with E-state index in [2.05, 4.69) is 35.5 Å². The molecule has 2 aliphatic rings. The SMILES string of the molecule is CC(C)OC(=O)Nc1ccc(-c2cnc(C3CCC(NC(=O)O[C@H]([Si])[C@@H]4CCCN4C)CC3)s2)c(S(=O)(=O)NC(C)(C)C)c1. The van der Waals surface area contributed by atoms with Gasteiger partial charge in [0.05, 0.1) is 36.9 Å². The molecule has 1 aliphatic carbocycles. The van der Waals surface area contributed by atoms with Crippen molar-refractivity contribution in [1.29, 1.82) is 0 Å². The van der Waals surface area contributed by atoms with E-state index in [1.165, 1.54) is 17.4 Å². The van der Waals surface area contributed by atoms with E-state index in [9.17, 15) is 18.0 Å². The first-order chi connectivity index (χ1) is 20.6. The Morgan fingerprint density at radius 2 is 1.80 bits per heavy atom. The number of hydrogen-bond acceptors (Lipinski definition) is 9. The second-order valence-corrected chi connectivity index (χ2v) is 16.2. The Morgan fingerprint density at radius 1 is 1.09 bits per heavy atom. The predicted molar refractivity (Wildman–Crippen MR) is 173 cm³/mol. The maximum atomic E-state index is 13.5. The number of thiazole rings is 1. The predicted octanol–water partition coefficient (Wildman–Crippen LogP) is 5.19. The summed E-state index contributed by atoms with van der Waals surface area (Å²) in [5.74, 6) is 0.206. The van der Waals surface area contributed by atoms with Crippen LogP contribution in [0.25, 0.3) is 10.4 Å². The van der Waals surface area contributed by atoms with Gasteiger partial charge in [0, 0.05) is 41.0 Å². The zero-order valence-corrected chi connectivity index (χ0v) is 28.9. The average Bonchev–Trinajstić information content (AvgIpc) is 3.57. The average molecular weight is 663 g/mol. The fourth-order valence-electron chi connectivity index (χ4n) is 5.64. The van der Waals surface area contributed by atoms with Gasteiger partial charge in [-0.2, -0.15) is 0 Å². The van der Waals surface area contributed by atoms with Crippen molar-refractivity contribution < 1.29 is 27.5 Å². The van der Waals surface area contributed by atoms with Crippen molar-refractivity contribution in [2.75, 3.05) is 18.9 Å². The van der Waals surface area contributed by atoms with Gasteiger partial charge in [-0.3, -0.25) is 5.32 Å². The highest BCUT2D eigenvalue weighted by Gasteiger charge is 2.31. The summed E-state index contributed by atoms with van der Waals surface area (Å²) in [6.07, 6.45) is 5.70. The lowest BCUT2D eigenvalue weighted by Crippen LogP contribution is -2.44. The fraction of sp³-hybridized carbons (Fsp3) is 0.633. The Kier molecular flexibility index (Phi) is 11.1. The second-order valence-electron chi connectivity index (χ2n) is 12.9. The number of likely N-dealkylation sites (N-methyl/N-ethyl adjacent to an activating group) is 1. The molecule has 44 heavy (non-hydrogen) atoms. The summed E-state index contributed by atoms with van der Waals surface area (Å²) in [6, 6.07) is 5.00. The third-order valence-electron chi connectivity index (χ3n) is 7.65. The number of ether oxygens (including phenoxy) is 2. The van der Waals surface area contributed by atoms with Crippen molar-refractivity contribution in [2.45, 2.75) is 113 Å². The molecule has 2 amide bonds. The first-order valence-electron chi connectivity index (χ1n) is 15.1. The number of nitrogens with one attached hydrogen (secondary N) is 3. The molecule has 1 saturated heterocycles. The maximum Gasteiger partial charge on any atom is 0.411 e. The number of hydrogen-bond donors (Lipinski definition) is 3. The zero-order chi connectivity index (χ0) is 32.2. The van der Waals surface area contributed by atoms with Gasteiger partial charge in [0.25, 0.3) is 0 Å². The number of nitrogens with zero attached hydrogens (tertiary/aromatic N) is 2. The molecule has 2 fully saturated rings. The third-order valence-corrected chi connectivity index (χ3v) is 11.1. The minimum absolute atomic E-state index is 0.0287. The summed E-state index contributed by atoms with van der Waals surface area (Å²) < 4.78 is 40.5. The molecular formula is C30H44N5O6S2Si. The van der Waals surface area contributed by atoms with Crippen molar-refractivity contribution >= 4 is 49.5 Å². The number of benzene rings is 1. The van der Waals surface area contributed by atoms with E-state index >= 15 is 0 Å². The van der Waals surface area contributed by atoms with Crippen LogP contribution < -0.4 is 15.4 Å². The Hall–Kier alpha value is -2.52. The van der Waals surface area contributed by atoms with Crippen LogP contribution in [0.4, 0.5) is 15.3 Å². The Bertz CT molecular complexity index is 1420. The number of anilines is 1.